The Hall–Kier alpha value is -3.07. The highest BCUT2D eigenvalue weighted by atomic mass is 35.5. The first kappa shape index (κ1) is 17.7. The average molecular weight is 385 g/mol. The van der Waals surface area contributed by atoms with E-state index in [0.717, 1.165) is 5.56 Å². The van der Waals surface area contributed by atoms with Crippen LogP contribution in [0.2, 0.25) is 10.0 Å². The van der Waals surface area contributed by atoms with Crippen LogP contribution in [0.5, 0.6) is 0 Å². The molecule has 26 heavy (non-hydrogen) atoms. The van der Waals surface area contributed by atoms with Crippen LogP contribution in [0.25, 0.3) is 23.0 Å². The summed E-state index contributed by atoms with van der Waals surface area (Å²) in [6, 6.07) is 16.5. The number of rotatable bonds is 4. The van der Waals surface area contributed by atoms with E-state index in [1.165, 1.54) is 24.3 Å². The zero-order chi connectivity index (χ0) is 18.7. The summed E-state index contributed by atoms with van der Waals surface area (Å²) in [5.41, 5.74) is 1.35. The van der Waals surface area contributed by atoms with Crippen LogP contribution in [0, 0.1) is 21.4 Å². The smallest absolute Gasteiger partial charge is 0.270 e. The van der Waals surface area contributed by atoms with Gasteiger partial charge in [-0.1, -0.05) is 35.3 Å². The van der Waals surface area contributed by atoms with Crippen LogP contribution < -0.4 is 0 Å². The Morgan fingerprint density at radius 2 is 1.92 bits per heavy atom. The molecular weight excluding hydrogens is 375 g/mol. The van der Waals surface area contributed by atoms with Crippen LogP contribution in [0.3, 0.4) is 0 Å². The van der Waals surface area contributed by atoms with E-state index in [-0.39, 0.29) is 11.3 Å². The Morgan fingerprint density at radius 3 is 2.62 bits per heavy atom. The van der Waals surface area contributed by atoms with Crippen LogP contribution >= 0.6 is 23.2 Å². The number of nitro groups is 1. The van der Waals surface area contributed by atoms with E-state index < -0.39 is 4.92 Å². The lowest BCUT2D eigenvalue weighted by atomic mass is 10.1. The van der Waals surface area contributed by atoms with Gasteiger partial charge in [-0.25, -0.2) is 0 Å². The summed E-state index contributed by atoms with van der Waals surface area (Å²) in [7, 11) is 0. The molecule has 0 N–H and O–H groups in total. The number of furan rings is 1. The molecule has 0 aliphatic rings. The summed E-state index contributed by atoms with van der Waals surface area (Å²) in [6.07, 6.45) is 1.53. The van der Waals surface area contributed by atoms with Crippen molar-refractivity contribution in [3.8, 4) is 17.4 Å². The SMILES string of the molecule is N#CC(=Cc1ccc(-c2ccc(Cl)c(Cl)c2)o1)c1cccc([N+](=O)[O-])c1. The van der Waals surface area contributed by atoms with Crippen molar-refractivity contribution in [1.82, 2.24) is 0 Å². The maximum atomic E-state index is 10.9. The van der Waals surface area contributed by atoms with Gasteiger partial charge in [-0.2, -0.15) is 5.26 Å². The highest BCUT2D eigenvalue weighted by molar-refractivity contribution is 6.42. The zero-order valence-corrected chi connectivity index (χ0v) is 14.7. The van der Waals surface area contributed by atoms with Crippen molar-refractivity contribution in [1.29, 1.82) is 5.26 Å². The maximum Gasteiger partial charge on any atom is 0.270 e. The zero-order valence-electron chi connectivity index (χ0n) is 13.1. The fraction of sp³-hybridized carbons (Fsp3) is 0. The van der Waals surface area contributed by atoms with Gasteiger partial charge in [0, 0.05) is 17.7 Å². The number of benzene rings is 2. The second-order valence-corrected chi connectivity index (χ2v) is 6.12. The van der Waals surface area contributed by atoms with Crippen molar-refractivity contribution in [2.45, 2.75) is 0 Å². The number of allylic oxidation sites excluding steroid dienone is 1. The third kappa shape index (κ3) is 3.77. The molecule has 0 amide bonds. The summed E-state index contributed by atoms with van der Waals surface area (Å²) in [5.74, 6) is 1.00. The molecule has 3 rings (SSSR count). The normalized spacial score (nSPS) is 11.2. The summed E-state index contributed by atoms with van der Waals surface area (Å²) >= 11 is 11.9. The monoisotopic (exact) mass is 384 g/mol. The Balaban J connectivity index is 1.95. The molecule has 0 bridgehead atoms. The molecule has 0 spiro atoms. The first-order valence-corrected chi connectivity index (χ1v) is 8.15. The van der Waals surface area contributed by atoms with Gasteiger partial charge in [0.25, 0.3) is 5.69 Å². The first-order valence-electron chi connectivity index (χ1n) is 7.40. The van der Waals surface area contributed by atoms with E-state index in [4.69, 9.17) is 27.6 Å². The molecule has 0 fully saturated rings. The molecule has 5 nitrogen and oxygen atoms in total. The Kier molecular flexibility index (Phi) is 5.08. The summed E-state index contributed by atoms with van der Waals surface area (Å²) in [4.78, 5) is 10.4. The molecule has 0 saturated heterocycles. The number of hydrogen-bond donors (Lipinski definition) is 0. The fourth-order valence-electron chi connectivity index (χ4n) is 2.34. The number of nitriles is 1. The average Bonchev–Trinajstić information content (AvgIpc) is 3.10. The van der Waals surface area contributed by atoms with Crippen molar-refractivity contribution < 1.29 is 9.34 Å². The van der Waals surface area contributed by atoms with Crippen molar-refractivity contribution >= 4 is 40.5 Å². The van der Waals surface area contributed by atoms with Crippen LogP contribution in [-0.2, 0) is 0 Å². The molecule has 0 unspecified atom stereocenters. The van der Waals surface area contributed by atoms with Crippen molar-refractivity contribution in [3.05, 3.63) is 86.1 Å². The van der Waals surface area contributed by atoms with Crippen molar-refractivity contribution in [2.24, 2.45) is 0 Å². The number of halogens is 2. The lowest BCUT2D eigenvalue weighted by Gasteiger charge is -2.00. The van der Waals surface area contributed by atoms with Gasteiger partial charge in [0.15, 0.2) is 0 Å². The number of nitro benzene ring substituents is 1. The highest BCUT2D eigenvalue weighted by Gasteiger charge is 2.11. The third-order valence-corrected chi connectivity index (χ3v) is 4.34. The van der Waals surface area contributed by atoms with Gasteiger partial charge in [-0.15, -0.1) is 0 Å². The molecule has 1 heterocycles. The standard InChI is InChI=1S/C19H10Cl2N2O3/c20-17-6-4-13(10-18(17)21)19-7-5-16(26-19)9-14(11-22)12-2-1-3-15(8-12)23(24)25/h1-10H. The van der Waals surface area contributed by atoms with Gasteiger partial charge in [0.2, 0.25) is 0 Å². The molecule has 0 aliphatic carbocycles. The molecule has 1 aromatic heterocycles. The molecule has 0 radical (unpaired) electrons. The molecule has 0 aliphatic heterocycles. The predicted octanol–water partition coefficient (Wildman–Crippen LogP) is 6.23. The first-order chi connectivity index (χ1) is 12.5. The second-order valence-electron chi connectivity index (χ2n) is 5.31. The second kappa shape index (κ2) is 7.44. The number of nitrogens with zero attached hydrogens (tertiary/aromatic N) is 2. The molecule has 2 aromatic carbocycles. The summed E-state index contributed by atoms with van der Waals surface area (Å²) < 4.78 is 5.73. The van der Waals surface area contributed by atoms with E-state index in [9.17, 15) is 15.4 Å². The minimum Gasteiger partial charge on any atom is -0.457 e. The van der Waals surface area contributed by atoms with Crippen LogP contribution in [-0.4, -0.2) is 4.92 Å². The molecule has 3 aromatic rings. The molecule has 128 valence electrons. The largest absolute Gasteiger partial charge is 0.457 e. The van der Waals surface area contributed by atoms with Gasteiger partial charge >= 0.3 is 0 Å². The molecule has 7 heteroatoms. The van der Waals surface area contributed by atoms with Crippen LogP contribution in [0.1, 0.15) is 11.3 Å². The lowest BCUT2D eigenvalue weighted by molar-refractivity contribution is -0.384. The molecule has 0 saturated carbocycles. The van der Waals surface area contributed by atoms with E-state index in [2.05, 4.69) is 0 Å². The van der Waals surface area contributed by atoms with E-state index in [1.54, 1.807) is 36.4 Å². The fourth-order valence-corrected chi connectivity index (χ4v) is 2.64. The molecular formula is C19H10Cl2N2O3. The third-order valence-electron chi connectivity index (χ3n) is 3.61. The molecule has 0 atom stereocenters. The topological polar surface area (TPSA) is 80.1 Å². The minimum atomic E-state index is -0.506. The predicted molar refractivity (Wildman–Crippen MR) is 101 cm³/mol. The van der Waals surface area contributed by atoms with E-state index in [0.29, 0.717) is 27.1 Å². The van der Waals surface area contributed by atoms with E-state index in [1.807, 2.05) is 6.07 Å². The Labute approximate surface area is 158 Å². The van der Waals surface area contributed by atoms with Gasteiger partial charge in [0.05, 0.1) is 26.6 Å². The van der Waals surface area contributed by atoms with Gasteiger partial charge in [0.1, 0.15) is 11.5 Å². The van der Waals surface area contributed by atoms with Crippen molar-refractivity contribution in [3.63, 3.8) is 0 Å². The summed E-state index contributed by atoms with van der Waals surface area (Å²) in [6.45, 7) is 0. The lowest BCUT2D eigenvalue weighted by Crippen LogP contribution is -1.89. The maximum absolute atomic E-state index is 10.9. The van der Waals surface area contributed by atoms with Crippen LogP contribution in [0.15, 0.2) is 59.0 Å². The Morgan fingerprint density at radius 1 is 1.12 bits per heavy atom. The van der Waals surface area contributed by atoms with Gasteiger partial charge < -0.3 is 4.42 Å². The van der Waals surface area contributed by atoms with E-state index >= 15 is 0 Å². The van der Waals surface area contributed by atoms with Crippen LogP contribution in [0.4, 0.5) is 5.69 Å². The number of non-ortho nitro benzene ring substituents is 1. The minimum absolute atomic E-state index is 0.0837. The van der Waals surface area contributed by atoms with Gasteiger partial charge in [-0.05, 0) is 42.0 Å². The quantitative estimate of drug-likeness (QED) is 0.303. The highest BCUT2D eigenvalue weighted by Crippen LogP contribution is 2.30. The van der Waals surface area contributed by atoms with Gasteiger partial charge in [-0.3, -0.25) is 10.1 Å². The summed E-state index contributed by atoms with van der Waals surface area (Å²) in [5, 5.41) is 21.2. The Bertz CT molecular complexity index is 1060. The van der Waals surface area contributed by atoms with Crippen molar-refractivity contribution in [2.75, 3.05) is 0 Å². The number of hydrogen-bond acceptors (Lipinski definition) is 4.